The van der Waals surface area contributed by atoms with Gasteiger partial charge in [0.05, 0.1) is 11.1 Å². The Labute approximate surface area is 169 Å². The third kappa shape index (κ3) is 3.08. The topological polar surface area (TPSA) is 69.6 Å². The SMILES string of the molecule is O=C1C(=Cc2ccc3c(c2)OCO3)SC(=S)N1N=Cc1ccc2c(c1)OCO2. The molecule has 0 spiro atoms. The maximum Gasteiger partial charge on any atom is 0.286 e. The van der Waals surface area contributed by atoms with Crippen molar-refractivity contribution in [1.29, 1.82) is 0 Å². The normalized spacial score (nSPS) is 18.7. The standard InChI is InChI=1S/C19H12N2O5S2/c22-18-17(7-11-1-3-13-15(5-11)25-9-23-13)28-19(27)21(18)20-8-12-2-4-14-16(6-12)26-10-24-14/h1-8H,9-10H2. The molecule has 3 aliphatic heterocycles. The number of hydrogen-bond donors (Lipinski definition) is 0. The molecule has 0 saturated carbocycles. The summed E-state index contributed by atoms with van der Waals surface area (Å²) in [7, 11) is 0. The molecule has 0 N–H and O–H groups in total. The van der Waals surface area contributed by atoms with E-state index in [0.29, 0.717) is 32.2 Å². The summed E-state index contributed by atoms with van der Waals surface area (Å²) in [5.74, 6) is 2.42. The fraction of sp³-hybridized carbons (Fsp3) is 0.105. The molecule has 0 bridgehead atoms. The fourth-order valence-electron chi connectivity index (χ4n) is 2.83. The van der Waals surface area contributed by atoms with Gasteiger partial charge in [-0.25, -0.2) is 0 Å². The van der Waals surface area contributed by atoms with Crippen molar-refractivity contribution in [3.8, 4) is 23.0 Å². The second-order valence-electron chi connectivity index (χ2n) is 5.96. The fourth-order valence-corrected chi connectivity index (χ4v) is 4.00. The van der Waals surface area contributed by atoms with Crippen molar-refractivity contribution in [1.82, 2.24) is 5.01 Å². The van der Waals surface area contributed by atoms with Crippen molar-refractivity contribution in [2.24, 2.45) is 5.10 Å². The van der Waals surface area contributed by atoms with E-state index in [4.69, 9.17) is 31.2 Å². The molecule has 1 fully saturated rings. The van der Waals surface area contributed by atoms with Crippen molar-refractivity contribution in [3.63, 3.8) is 0 Å². The van der Waals surface area contributed by atoms with Crippen LogP contribution in [0.2, 0.25) is 0 Å². The molecule has 5 rings (SSSR count). The van der Waals surface area contributed by atoms with Crippen LogP contribution in [0.25, 0.3) is 6.08 Å². The van der Waals surface area contributed by atoms with E-state index in [1.165, 1.54) is 16.8 Å². The zero-order valence-electron chi connectivity index (χ0n) is 14.3. The van der Waals surface area contributed by atoms with Gasteiger partial charge in [0.2, 0.25) is 13.6 Å². The highest BCUT2D eigenvalue weighted by atomic mass is 32.2. The van der Waals surface area contributed by atoms with Crippen LogP contribution < -0.4 is 18.9 Å². The summed E-state index contributed by atoms with van der Waals surface area (Å²) in [4.78, 5) is 13.2. The molecule has 7 nitrogen and oxygen atoms in total. The minimum Gasteiger partial charge on any atom is -0.454 e. The second kappa shape index (κ2) is 6.84. The minimum absolute atomic E-state index is 0.204. The Balaban J connectivity index is 1.35. The van der Waals surface area contributed by atoms with Crippen molar-refractivity contribution >= 4 is 46.5 Å². The van der Waals surface area contributed by atoms with E-state index in [1.807, 2.05) is 24.3 Å². The number of ether oxygens (including phenoxy) is 4. The maximum absolute atomic E-state index is 12.7. The predicted molar refractivity (Wildman–Crippen MR) is 108 cm³/mol. The lowest BCUT2D eigenvalue weighted by molar-refractivity contribution is -0.122. The Morgan fingerprint density at radius 1 is 0.929 bits per heavy atom. The van der Waals surface area contributed by atoms with Crippen LogP contribution in [-0.2, 0) is 4.79 Å². The molecule has 2 aromatic carbocycles. The van der Waals surface area contributed by atoms with Crippen molar-refractivity contribution in [3.05, 3.63) is 52.4 Å². The van der Waals surface area contributed by atoms with Gasteiger partial charge in [-0.2, -0.15) is 10.1 Å². The molecule has 1 amide bonds. The number of thiocarbonyl (C=S) groups is 1. The molecule has 2 aromatic rings. The smallest absolute Gasteiger partial charge is 0.286 e. The lowest BCUT2D eigenvalue weighted by Gasteiger charge is -2.06. The molecule has 0 unspecified atom stereocenters. The first-order valence-electron chi connectivity index (χ1n) is 8.29. The van der Waals surface area contributed by atoms with Gasteiger partial charge in [-0.1, -0.05) is 17.8 Å². The number of nitrogens with zero attached hydrogens (tertiary/aromatic N) is 2. The summed E-state index contributed by atoms with van der Waals surface area (Å²) in [5.41, 5.74) is 1.60. The summed E-state index contributed by atoms with van der Waals surface area (Å²) in [5, 5.41) is 5.46. The number of carbonyl (C=O) groups excluding carboxylic acids is 1. The number of thioether (sulfide) groups is 1. The number of hydrogen-bond acceptors (Lipinski definition) is 8. The minimum atomic E-state index is -0.273. The van der Waals surface area contributed by atoms with Crippen LogP contribution >= 0.6 is 24.0 Å². The highest BCUT2D eigenvalue weighted by molar-refractivity contribution is 8.26. The molecule has 0 radical (unpaired) electrons. The zero-order valence-corrected chi connectivity index (χ0v) is 15.9. The van der Waals surface area contributed by atoms with Crippen molar-refractivity contribution in [2.45, 2.75) is 0 Å². The molecule has 0 aliphatic carbocycles. The van der Waals surface area contributed by atoms with Gasteiger partial charge in [-0.3, -0.25) is 4.79 Å². The number of amides is 1. The van der Waals surface area contributed by atoms with Crippen molar-refractivity contribution in [2.75, 3.05) is 13.6 Å². The van der Waals surface area contributed by atoms with Crippen LogP contribution in [0.5, 0.6) is 23.0 Å². The third-order valence-corrected chi connectivity index (χ3v) is 5.47. The Kier molecular flexibility index (Phi) is 4.18. The maximum atomic E-state index is 12.7. The average Bonchev–Trinajstić information content (AvgIpc) is 3.40. The van der Waals surface area contributed by atoms with E-state index in [-0.39, 0.29) is 19.5 Å². The van der Waals surface area contributed by atoms with Crippen LogP contribution in [0.15, 0.2) is 46.4 Å². The van der Waals surface area contributed by atoms with Gasteiger partial charge in [-0.05, 0) is 59.8 Å². The number of carbonyl (C=O) groups is 1. The Bertz CT molecular complexity index is 1070. The molecule has 28 heavy (non-hydrogen) atoms. The Morgan fingerprint density at radius 3 is 2.25 bits per heavy atom. The first kappa shape index (κ1) is 17.1. The van der Waals surface area contributed by atoms with E-state index in [2.05, 4.69) is 5.10 Å². The predicted octanol–water partition coefficient (Wildman–Crippen LogP) is 3.38. The first-order valence-corrected chi connectivity index (χ1v) is 9.51. The van der Waals surface area contributed by atoms with E-state index in [9.17, 15) is 4.79 Å². The van der Waals surface area contributed by atoms with Gasteiger partial charge in [0.15, 0.2) is 27.3 Å². The van der Waals surface area contributed by atoms with Crippen LogP contribution in [0.1, 0.15) is 11.1 Å². The number of benzene rings is 2. The summed E-state index contributed by atoms with van der Waals surface area (Å²) >= 11 is 6.51. The largest absolute Gasteiger partial charge is 0.454 e. The van der Waals surface area contributed by atoms with Crippen LogP contribution in [0, 0.1) is 0 Å². The first-order chi connectivity index (χ1) is 13.7. The van der Waals surface area contributed by atoms with Crippen molar-refractivity contribution < 1.29 is 23.7 Å². The quantitative estimate of drug-likeness (QED) is 0.435. The Hall–Kier alpha value is -3.04. The highest BCUT2D eigenvalue weighted by Crippen LogP contribution is 2.37. The Morgan fingerprint density at radius 2 is 1.54 bits per heavy atom. The monoisotopic (exact) mass is 412 g/mol. The molecule has 0 atom stereocenters. The summed E-state index contributed by atoms with van der Waals surface area (Å²) in [6.45, 7) is 0.407. The van der Waals surface area contributed by atoms with Crippen LogP contribution in [-0.4, -0.2) is 35.0 Å². The molecule has 0 aromatic heterocycles. The van der Waals surface area contributed by atoms with Gasteiger partial charge in [-0.15, -0.1) is 0 Å². The molecule has 140 valence electrons. The number of hydrazone groups is 1. The number of rotatable bonds is 3. The summed E-state index contributed by atoms with van der Waals surface area (Å²) in [6, 6.07) is 10.9. The van der Waals surface area contributed by atoms with E-state index in [0.717, 1.165) is 11.1 Å². The van der Waals surface area contributed by atoms with Gasteiger partial charge < -0.3 is 18.9 Å². The van der Waals surface area contributed by atoms with E-state index in [1.54, 1.807) is 24.4 Å². The second-order valence-corrected chi connectivity index (χ2v) is 7.64. The average molecular weight is 412 g/mol. The van der Waals surface area contributed by atoms with Gasteiger partial charge in [0.25, 0.3) is 5.91 Å². The molecule has 3 heterocycles. The van der Waals surface area contributed by atoms with Gasteiger partial charge >= 0.3 is 0 Å². The number of fused-ring (bicyclic) bond motifs is 2. The molecule has 1 saturated heterocycles. The lowest BCUT2D eigenvalue weighted by atomic mass is 10.2. The third-order valence-electron chi connectivity index (χ3n) is 4.19. The van der Waals surface area contributed by atoms with Crippen LogP contribution in [0.3, 0.4) is 0 Å². The molecule has 3 aliphatic rings. The van der Waals surface area contributed by atoms with E-state index >= 15 is 0 Å². The summed E-state index contributed by atoms with van der Waals surface area (Å²) in [6.07, 6.45) is 3.33. The van der Waals surface area contributed by atoms with Gasteiger partial charge in [0.1, 0.15) is 0 Å². The molecular formula is C19H12N2O5S2. The van der Waals surface area contributed by atoms with E-state index < -0.39 is 0 Å². The molecule has 9 heteroatoms. The van der Waals surface area contributed by atoms with Crippen LogP contribution in [0.4, 0.5) is 0 Å². The lowest BCUT2D eigenvalue weighted by Crippen LogP contribution is -2.22. The summed E-state index contributed by atoms with van der Waals surface area (Å²) < 4.78 is 21.7. The zero-order chi connectivity index (χ0) is 19.1. The highest BCUT2D eigenvalue weighted by Gasteiger charge is 2.32. The molecular weight excluding hydrogens is 400 g/mol. The van der Waals surface area contributed by atoms with Gasteiger partial charge in [0, 0.05) is 0 Å².